The van der Waals surface area contributed by atoms with Gasteiger partial charge >= 0.3 is 5.97 Å². The van der Waals surface area contributed by atoms with Gasteiger partial charge in [0.2, 0.25) is 0 Å². The first kappa shape index (κ1) is 18.4. The minimum atomic E-state index is -0.789. The molecule has 1 atom stereocenters. The van der Waals surface area contributed by atoms with Gasteiger partial charge in [0.1, 0.15) is 12.4 Å². The number of carboxylic acids is 1. The normalized spacial score (nSPS) is 12.2. The zero-order valence-electron chi connectivity index (χ0n) is 13.8. The number of carboxylic acid groups (broad SMARTS) is 1. The second-order valence-electron chi connectivity index (χ2n) is 5.80. The Balaban J connectivity index is 2.05. The van der Waals surface area contributed by atoms with Crippen molar-refractivity contribution >= 4 is 21.9 Å². The Morgan fingerprint density at radius 3 is 2.83 bits per heavy atom. The minimum absolute atomic E-state index is 0.394. The summed E-state index contributed by atoms with van der Waals surface area (Å²) in [4.78, 5) is 17.2. The summed E-state index contributed by atoms with van der Waals surface area (Å²) in [5.41, 5.74) is 1.86. The van der Waals surface area contributed by atoms with Gasteiger partial charge in [-0.25, -0.2) is 0 Å². The third kappa shape index (κ3) is 5.62. The maximum Gasteiger partial charge on any atom is 0.307 e. The first-order chi connectivity index (χ1) is 11.5. The number of hydrogen-bond donors (Lipinski definition) is 1. The number of rotatable bonds is 8. The fourth-order valence-electron chi connectivity index (χ4n) is 2.35. The molecule has 0 spiro atoms. The number of benzene rings is 1. The van der Waals surface area contributed by atoms with Gasteiger partial charge in [-0.05, 0) is 37.4 Å². The molecule has 0 bridgehead atoms. The lowest BCUT2D eigenvalue weighted by Gasteiger charge is -2.21. The first-order valence-electron chi connectivity index (χ1n) is 7.68. The van der Waals surface area contributed by atoms with Crippen LogP contribution in [0.3, 0.4) is 0 Å². The lowest BCUT2D eigenvalue weighted by atomic mass is 10.1. The molecule has 0 radical (unpaired) electrons. The summed E-state index contributed by atoms with van der Waals surface area (Å²) in [6.45, 7) is 3.18. The highest BCUT2D eigenvalue weighted by Crippen LogP contribution is 2.25. The van der Waals surface area contributed by atoms with E-state index in [9.17, 15) is 4.79 Å². The Labute approximate surface area is 150 Å². The third-order valence-corrected chi connectivity index (χ3v) is 4.06. The van der Waals surface area contributed by atoms with Gasteiger partial charge in [0.05, 0.1) is 11.6 Å². The van der Waals surface area contributed by atoms with E-state index >= 15 is 0 Å². The van der Waals surface area contributed by atoms with E-state index in [0.717, 1.165) is 21.5 Å². The summed E-state index contributed by atoms with van der Waals surface area (Å²) >= 11 is 3.48. The van der Waals surface area contributed by atoms with Gasteiger partial charge < -0.3 is 14.7 Å². The standard InChI is InChI=1S/C18H21BrN2O3/c1-13(18(22)23)10-21(2)11-14-9-15(19)6-7-17(14)24-12-16-5-3-4-8-20-16/h3-9,13H,10-12H2,1-2H3,(H,22,23). The summed E-state index contributed by atoms with van der Waals surface area (Å²) in [5.74, 6) is -0.429. The fraction of sp³-hybridized carbons (Fsp3) is 0.333. The molecule has 128 valence electrons. The molecule has 1 unspecified atom stereocenters. The number of carbonyl (C=O) groups is 1. The summed E-state index contributed by atoms with van der Waals surface area (Å²) < 4.78 is 6.87. The molecule has 24 heavy (non-hydrogen) atoms. The topological polar surface area (TPSA) is 62.7 Å². The second kappa shape index (κ2) is 8.80. The molecular formula is C18H21BrN2O3. The molecule has 2 rings (SSSR count). The lowest BCUT2D eigenvalue weighted by Crippen LogP contribution is -2.28. The molecule has 5 nitrogen and oxygen atoms in total. The highest BCUT2D eigenvalue weighted by atomic mass is 79.9. The maximum absolute atomic E-state index is 11.0. The average molecular weight is 393 g/mol. The predicted molar refractivity (Wildman–Crippen MR) is 95.8 cm³/mol. The van der Waals surface area contributed by atoms with E-state index in [0.29, 0.717) is 19.7 Å². The summed E-state index contributed by atoms with van der Waals surface area (Å²) in [7, 11) is 1.91. The molecule has 0 aliphatic heterocycles. The Bertz CT molecular complexity index is 679. The van der Waals surface area contributed by atoms with E-state index in [-0.39, 0.29) is 0 Å². The molecule has 0 fully saturated rings. The molecule has 1 heterocycles. The van der Waals surface area contributed by atoms with Crippen LogP contribution in [0.2, 0.25) is 0 Å². The van der Waals surface area contributed by atoms with Crippen LogP contribution in [0.5, 0.6) is 5.75 Å². The molecular weight excluding hydrogens is 372 g/mol. The largest absolute Gasteiger partial charge is 0.487 e. The van der Waals surface area contributed by atoms with Crippen molar-refractivity contribution in [1.82, 2.24) is 9.88 Å². The lowest BCUT2D eigenvalue weighted by molar-refractivity contribution is -0.141. The van der Waals surface area contributed by atoms with Crippen molar-refractivity contribution in [1.29, 1.82) is 0 Å². The molecule has 6 heteroatoms. The van der Waals surface area contributed by atoms with Crippen LogP contribution in [0, 0.1) is 5.92 Å². The van der Waals surface area contributed by atoms with Crippen LogP contribution >= 0.6 is 15.9 Å². The van der Waals surface area contributed by atoms with Crippen molar-refractivity contribution in [3.63, 3.8) is 0 Å². The molecule has 2 aromatic rings. The van der Waals surface area contributed by atoms with Gasteiger partial charge in [-0.2, -0.15) is 0 Å². The zero-order valence-corrected chi connectivity index (χ0v) is 15.4. The Kier molecular flexibility index (Phi) is 6.75. The van der Waals surface area contributed by atoms with Crippen LogP contribution in [0.15, 0.2) is 47.1 Å². The molecule has 0 saturated heterocycles. The summed E-state index contributed by atoms with van der Waals surface area (Å²) in [6.07, 6.45) is 1.74. The Hall–Kier alpha value is -1.92. The van der Waals surface area contributed by atoms with Gasteiger partial charge in [-0.15, -0.1) is 0 Å². The summed E-state index contributed by atoms with van der Waals surface area (Å²) in [6, 6.07) is 11.5. The molecule has 0 saturated carbocycles. The monoisotopic (exact) mass is 392 g/mol. The van der Waals surface area contributed by atoms with E-state index in [4.69, 9.17) is 9.84 Å². The van der Waals surface area contributed by atoms with Crippen LogP contribution in [-0.2, 0) is 17.9 Å². The average Bonchev–Trinajstić information content (AvgIpc) is 2.55. The number of hydrogen-bond acceptors (Lipinski definition) is 4. The van der Waals surface area contributed by atoms with Crippen LogP contribution in [0.1, 0.15) is 18.2 Å². The minimum Gasteiger partial charge on any atom is -0.487 e. The number of pyridine rings is 1. The highest BCUT2D eigenvalue weighted by Gasteiger charge is 2.15. The number of ether oxygens (including phenoxy) is 1. The SMILES string of the molecule is CC(CN(C)Cc1cc(Br)ccc1OCc1ccccn1)C(=O)O. The van der Waals surface area contributed by atoms with Crippen LogP contribution < -0.4 is 4.74 Å². The van der Waals surface area contributed by atoms with Crippen LogP contribution in [0.4, 0.5) is 0 Å². The summed E-state index contributed by atoms with van der Waals surface area (Å²) in [5, 5.41) is 9.04. The third-order valence-electron chi connectivity index (χ3n) is 3.57. The molecule has 0 aliphatic carbocycles. The predicted octanol–water partition coefficient (Wildman–Crippen LogP) is 3.58. The zero-order chi connectivity index (χ0) is 17.5. The quantitative estimate of drug-likeness (QED) is 0.743. The second-order valence-corrected chi connectivity index (χ2v) is 6.71. The molecule has 1 N–H and O–H groups in total. The highest BCUT2D eigenvalue weighted by molar-refractivity contribution is 9.10. The van der Waals surface area contributed by atoms with E-state index < -0.39 is 11.9 Å². The van der Waals surface area contributed by atoms with Crippen LogP contribution in [0.25, 0.3) is 0 Å². The number of aliphatic carboxylic acids is 1. The van der Waals surface area contributed by atoms with Crippen molar-refractivity contribution in [2.45, 2.75) is 20.1 Å². The van der Waals surface area contributed by atoms with E-state index in [2.05, 4.69) is 20.9 Å². The molecule has 0 amide bonds. The van der Waals surface area contributed by atoms with Gasteiger partial charge in [0.15, 0.2) is 0 Å². The molecule has 1 aromatic carbocycles. The maximum atomic E-state index is 11.0. The Morgan fingerprint density at radius 1 is 1.38 bits per heavy atom. The number of nitrogens with zero attached hydrogens (tertiary/aromatic N) is 2. The smallest absolute Gasteiger partial charge is 0.307 e. The Morgan fingerprint density at radius 2 is 2.17 bits per heavy atom. The van der Waals surface area contributed by atoms with Crippen molar-refractivity contribution in [2.75, 3.05) is 13.6 Å². The van der Waals surface area contributed by atoms with Gasteiger partial charge in [-0.1, -0.05) is 28.9 Å². The van der Waals surface area contributed by atoms with Crippen molar-refractivity contribution in [3.8, 4) is 5.75 Å². The van der Waals surface area contributed by atoms with Gasteiger partial charge in [-0.3, -0.25) is 9.78 Å². The molecule has 1 aromatic heterocycles. The van der Waals surface area contributed by atoms with E-state index in [1.807, 2.05) is 48.3 Å². The van der Waals surface area contributed by atoms with Crippen molar-refractivity contribution in [2.24, 2.45) is 5.92 Å². The van der Waals surface area contributed by atoms with E-state index in [1.54, 1.807) is 13.1 Å². The molecule has 0 aliphatic rings. The van der Waals surface area contributed by atoms with Gasteiger partial charge in [0.25, 0.3) is 0 Å². The fourth-order valence-corrected chi connectivity index (χ4v) is 2.76. The van der Waals surface area contributed by atoms with Crippen molar-refractivity contribution in [3.05, 3.63) is 58.3 Å². The number of halogens is 1. The first-order valence-corrected chi connectivity index (χ1v) is 8.47. The van der Waals surface area contributed by atoms with Crippen LogP contribution in [-0.4, -0.2) is 34.6 Å². The van der Waals surface area contributed by atoms with Crippen molar-refractivity contribution < 1.29 is 14.6 Å². The van der Waals surface area contributed by atoms with Gasteiger partial charge in [0, 0.05) is 29.3 Å². The van der Waals surface area contributed by atoms with E-state index in [1.165, 1.54) is 0 Å². The number of aromatic nitrogens is 1.